The highest BCUT2D eigenvalue weighted by molar-refractivity contribution is 7.80. The molecule has 3 N–H and O–H groups in total. The SMILES string of the molecule is COc1ccc(C(N)=S)c(Nc2ccc(Cl)cc2)c1. The van der Waals surface area contributed by atoms with Gasteiger partial charge in [-0.05, 0) is 36.4 Å². The lowest BCUT2D eigenvalue weighted by Crippen LogP contribution is -2.12. The summed E-state index contributed by atoms with van der Waals surface area (Å²) in [7, 11) is 1.61. The molecule has 0 amide bonds. The molecule has 2 aromatic rings. The number of benzene rings is 2. The molecule has 98 valence electrons. The normalized spacial score (nSPS) is 10.0. The lowest BCUT2D eigenvalue weighted by atomic mass is 10.1. The number of rotatable bonds is 4. The van der Waals surface area contributed by atoms with E-state index in [1.165, 1.54) is 0 Å². The number of anilines is 2. The summed E-state index contributed by atoms with van der Waals surface area (Å²) >= 11 is 10.9. The molecule has 2 rings (SSSR count). The van der Waals surface area contributed by atoms with Crippen LogP contribution in [0.15, 0.2) is 42.5 Å². The van der Waals surface area contributed by atoms with Crippen molar-refractivity contribution in [2.24, 2.45) is 5.73 Å². The molecule has 0 aliphatic carbocycles. The van der Waals surface area contributed by atoms with Gasteiger partial charge in [-0.15, -0.1) is 0 Å². The Kier molecular flexibility index (Phi) is 4.24. The van der Waals surface area contributed by atoms with E-state index in [0.717, 1.165) is 22.7 Å². The number of halogens is 1. The highest BCUT2D eigenvalue weighted by Gasteiger charge is 2.07. The summed E-state index contributed by atoms with van der Waals surface area (Å²) in [6.45, 7) is 0. The predicted molar refractivity (Wildman–Crippen MR) is 83.6 cm³/mol. The van der Waals surface area contributed by atoms with Crippen molar-refractivity contribution in [3.05, 3.63) is 53.1 Å². The Labute approximate surface area is 122 Å². The van der Waals surface area contributed by atoms with Crippen LogP contribution in [0, 0.1) is 0 Å². The quantitative estimate of drug-likeness (QED) is 0.843. The van der Waals surface area contributed by atoms with Crippen molar-refractivity contribution >= 4 is 40.2 Å². The summed E-state index contributed by atoms with van der Waals surface area (Å²) in [6, 6.07) is 12.9. The minimum Gasteiger partial charge on any atom is -0.497 e. The van der Waals surface area contributed by atoms with Gasteiger partial charge in [-0.3, -0.25) is 0 Å². The van der Waals surface area contributed by atoms with E-state index < -0.39 is 0 Å². The summed E-state index contributed by atoms with van der Waals surface area (Å²) < 4.78 is 5.20. The van der Waals surface area contributed by atoms with E-state index in [4.69, 9.17) is 34.3 Å². The van der Waals surface area contributed by atoms with Crippen LogP contribution < -0.4 is 15.8 Å². The van der Waals surface area contributed by atoms with Crippen LogP contribution in [0.1, 0.15) is 5.56 Å². The van der Waals surface area contributed by atoms with E-state index >= 15 is 0 Å². The topological polar surface area (TPSA) is 47.3 Å². The summed E-state index contributed by atoms with van der Waals surface area (Å²) in [5.74, 6) is 0.733. The first kappa shape index (κ1) is 13.6. The molecule has 5 heteroatoms. The molecule has 0 heterocycles. The van der Waals surface area contributed by atoms with Crippen molar-refractivity contribution in [2.75, 3.05) is 12.4 Å². The first-order valence-corrected chi connectivity index (χ1v) is 6.39. The van der Waals surface area contributed by atoms with Crippen LogP contribution in [0.25, 0.3) is 0 Å². The molecule has 0 aliphatic rings. The molecule has 0 bridgehead atoms. The zero-order valence-electron chi connectivity index (χ0n) is 10.3. The minimum atomic E-state index is 0.333. The third-order valence-electron chi connectivity index (χ3n) is 2.62. The van der Waals surface area contributed by atoms with Crippen LogP contribution in [0.3, 0.4) is 0 Å². The number of nitrogens with two attached hydrogens (primary N) is 1. The van der Waals surface area contributed by atoms with Gasteiger partial charge in [-0.1, -0.05) is 23.8 Å². The first-order valence-electron chi connectivity index (χ1n) is 5.60. The molecule has 3 nitrogen and oxygen atoms in total. The standard InChI is InChI=1S/C14H13ClN2OS/c1-18-11-6-7-12(14(16)19)13(8-11)17-10-4-2-9(15)3-5-10/h2-8,17H,1H3,(H2,16,19). The van der Waals surface area contributed by atoms with E-state index in [1.54, 1.807) is 7.11 Å². The molecule has 0 aliphatic heterocycles. The first-order chi connectivity index (χ1) is 9.10. The molecular formula is C14H13ClN2OS. The van der Waals surface area contributed by atoms with Crippen molar-refractivity contribution in [3.8, 4) is 5.75 Å². The molecule has 2 aromatic carbocycles. The monoisotopic (exact) mass is 292 g/mol. The van der Waals surface area contributed by atoms with Gasteiger partial charge in [-0.2, -0.15) is 0 Å². The Bertz CT molecular complexity index is 599. The van der Waals surface area contributed by atoms with E-state index in [9.17, 15) is 0 Å². The van der Waals surface area contributed by atoms with Crippen LogP contribution in [-0.2, 0) is 0 Å². The van der Waals surface area contributed by atoms with Gasteiger partial charge in [0.2, 0.25) is 0 Å². The fraction of sp³-hybridized carbons (Fsp3) is 0.0714. The summed E-state index contributed by atoms with van der Waals surface area (Å²) in [6.07, 6.45) is 0. The van der Waals surface area contributed by atoms with E-state index in [0.29, 0.717) is 10.0 Å². The average Bonchev–Trinajstić information content (AvgIpc) is 2.41. The molecule has 0 radical (unpaired) electrons. The zero-order valence-corrected chi connectivity index (χ0v) is 11.9. The molecule has 0 atom stereocenters. The summed E-state index contributed by atoms with van der Waals surface area (Å²) in [5, 5.41) is 3.94. The van der Waals surface area contributed by atoms with Crippen molar-refractivity contribution in [3.63, 3.8) is 0 Å². The molecule has 19 heavy (non-hydrogen) atoms. The predicted octanol–water partition coefficient (Wildman–Crippen LogP) is 3.73. The molecule has 0 spiro atoms. The Balaban J connectivity index is 2.36. The lowest BCUT2D eigenvalue weighted by Gasteiger charge is -2.13. The third kappa shape index (κ3) is 3.36. The van der Waals surface area contributed by atoms with Gasteiger partial charge < -0.3 is 15.8 Å². The van der Waals surface area contributed by atoms with Crippen LogP contribution in [0.4, 0.5) is 11.4 Å². The van der Waals surface area contributed by atoms with Crippen LogP contribution in [0.5, 0.6) is 5.75 Å². The smallest absolute Gasteiger partial charge is 0.120 e. The number of hydrogen-bond donors (Lipinski definition) is 2. The number of thiocarbonyl (C=S) groups is 1. The largest absolute Gasteiger partial charge is 0.497 e. The second-order valence-corrected chi connectivity index (χ2v) is 4.78. The van der Waals surface area contributed by atoms with Gasteiger partial charge in [0.1, 0.15) is 10.7 Å². The summed E-state index contributed by atoms with van der Waals surface area (Å²) in [5.41, 5.74) is 8.18. The second-order valence-electron chi connectivity index (χ2n) is 3.91. The lowest BCUT2D eigenvalue weighted by molar-refractivity contribution is 0.415. The maximum absolute atomic E-state index is 5.86. The number of nitrogens with one attached hydrogen (secondary N) is 1. The van der Waals surface area contributed by atoms with Gasteiger partial charge in [0.25, 0.3) is 0 Å². The number of methoxy groups -OCH3 is 1. The Morgan fingerprint density at radius 2 is 1.89 bits per heavy atom. The van der Waals surface area contributed by atoms with E-state index in [1.807, 2.05) is 42.5 Å². The van der Waals surface area contributed by atoms with Crippen molar-refractivity contribution in [1.29, 1.82) is 0 Å². The van der Waals surface area contributed by atoms with Gasteiger partial charge in [0.05, 0.1) is 12.8 Å². The third-order valence-corrected chi connectivity index (χ3v) is 3.09. The Morgan fingerprint density at radius 3 is 2.47 bits per heavy atom. The minimum absolute atomic E-state index is 0.333. The maximum atomic E-state index is 5.86. The van der Waals surface area contributed by atoms with Gasteiger partial charge in [-0.25, -0.2) is 0 Å². The van der Waals surface area contributed by atoms with Crippen LogP contribution >= 0.6 is 23.8 Å². The molecule has 0 saturated carbocycles. The highest BCUT2D eigenvalue weighted by Crippen LogP contribution is 2.26. The summed E-state index contributed by atoms with van der Waals surface area (Å²) in [4.78, 5) is 0.333. The average molecular weight is 293 g/mol. The van der Waals surface area contributed by atoms with Crippen molar-refractivity contribution in [1.82, 2.24) is 0 Å². The fourth-order valence-electron chi connectivity index (χ4n) is 1.66. The van der Waals surface area contributed by atoms with Gasteiger partial charge >= 0.3 is 0 Å². The number of hydrogen-bond acceptors (Lipinski definition) is 3. The molecule has 0 fully saturated rings. The number of ether oxygens (including phenoxy) is 1. The second kappa shape index (κ2) is 5.91. The van der Waals surface area contributed by atoms with Crippen LogP contribution in [-0.4, -0.2) is 12.1 Å². The Hall–Kier alpha value is -1.78. The maximum Gasteiger partial charge on any atom is 0.120 e. The zero-order chi connectivity index (χ0) is 13.8. The fourth-order valence-corrected chi connectivity index (χ4v) is 1.96. The molecular weight excluding hydrogens is 280 g/mol. The van der Waals surface area contributed by atoms with E-state index in [2.05, 4.69) is 5.32 Å². The Morgan fingerprint density at radius 1 is 1.21 bits per heavy atom. The van der Waals surface area contributed by atoms with Crippen molar-refractivity contribution < 1.29 is 4.74 Å². The molecule has 0 saturated heterocycles. The van der Waals surface area contributed by atoms with Gasteiger partial charge in [0.15, 0.2) is 0 Å². The molecule has 0 aromatic heterocycles. The molecule has 0 unspecified atom stereocenters. The van der Waals surface area contributed by atoms with Gasteiger partial charge in [0, 0.05) is 22.3 Å². The van der Waals surface area contributed by atoms with Crippen molar-refractivity contribution in [2.45, 2.75) is 0 Å². The highest BCUT2D eigenvalue weighted by atomic mass is 35.5. The van der Waals surface area contributed by atoms with E-state index in [-0.39, 0.29) is 0 Å². The van der Waals surface area contributed by atoms with Crippen LogP contribution in [0.2, 0.25) is 5.02 Å².